The second kappa shape index (κ2) is 10.4. The Morgan fingerprint density at radius 1 is 1.36 bits per heavy atom. The number of hydrogen-bond donors (Lipinski definition) is 2. The number of rotatable bonds is 8. The van der Waals surface area contributed by atoms with Crippen LogP contribution in [-0.4, -0.2) is 37.3 Å². The molecule has 28 heavy (non-hydrogen) atoms. The van der Waals surface area contributed by atoms with E-state index in [1.54, 1.807) is 11.3 Å². The number of aliphatic imine (C=N–C) groups is 1. The van der Waals surface area contributed by atoms with Crippen LogP contribution in [0.5, 0.6) is 5.75 Å². The summed E-state index contributed by atoms with van der Waals surface area (Å²) in [5.41, 5.74) is 5.23. The molecule has 0 spiro atoms. The summed E-state index contributed by atoms with van der Waals surface area (Å²) in [5, 5.41) is 6.70. The Balaban J connectivity index is 1.64. The zero-order chi connectivity index (χ0) is 19.8. The molecule has 0 radical (unpaired) electrons. The number of thiazole rings is 1. The average Bonchev–Trinajstić information content (AvgIpc) is 3.35. The first kappa shape index (κ1) is 20.6. The Kier molecular flexibility index (Phi) is 7.68. The SMILES string of the molecule is CCNC(=NCc1ccc(C)cc1OCC1CCOC1)NCc1scnc1C. The fourth-order valence-corrected chi connectivity index (χ4v) is 3.73. The van der Waals surface area contributed by atoms with Crippen molar-refractivity contribution in [3.05, 3.63) is 45.4 Å². The minimum atomic E-state index is 0.485. The number of nitrogens with one attached hydrogen (secondary N) is 2. The smallest absolute Gasteiger partial charge is 0.191 e. The molecule has 1 aromatic heterocycles. The second-order valence-electron chi connectivity index (χ2n) is 7.06. The Morgan fingerprint density at radius 2 is 2.25 bits per heavy atom. The van der Waals surface area contributed by atoms with Crippen LogP contribution in [-0.2, 0) is 17.8 Å². The van der Waals surface area contributed by atoms with Crippen LogP contribution in [0, 0.1) is 19.8 Å². The predicted octanol–water partition coefficient (Wildman–Crippen LogP) is 3.43. The number of hydrogen-bond acceptors (Lipinski definition) is 5. The van der Waals surface area contributed by atoms with E-state index in [4.69, 9.17) is 14.5 Å². The molecule has 1 aliphatic rings. The standard InChI is InChI=1S/C21H30N4O2S/c1-4-22-21(24-11-20-16(3)25-14-28-20)23-10-18-6-5-15(2)9-19(18)27-13-17-7-8-26-12-17/h5-6,9,14,17H,4,7-8,10-13H2,1-3H3,(H2,22,23,24). The summed E-state index contributed by atoms with van der Waals surface area (Å²) in [6, 6.07) is 6.31. The molecule has 0 bridgehead atoms. The molecule has 152 valence electrons. The fraction of sp³-hybridized carbons (Fsp3) is 0.524. The van der Waals surface area contributed by atoms with Gasteiger partial charge in [0, 0.05) is 29.5 Å². The molecule has 0 amide bonds. The van der Waals surface area contributed by atoms with Crippen LogP contribution in [0.1, 0.15) is 35.0 Å². The van der Waals surface area contributed by atoms with E-state index in [0.29, 0.717) is 19.1 Å². The topological polar surface area (TPSA) is 67.8 Å². The first-order valence-corrected chi connectivity index (χ1v) is 10.7. The third kappa shape index (κ3) is 5.94. The number of aromatic nitrogens is 1. The van der Waals surface area contributed by atoms with Crippen molar-refractivity contribution >= 4 is 17.3 Å². The first-order valence-electron chi connectivity index (χ1n) is 9.87. The van der Waals surface area contributed by atoms with Crippen molar-refractivity contribution in [2.75, 3.05) is 26.4 Å². The van der Waals surface area contributed by atoms with E-state index < -0.39 is 0 Å². The molecular weight excluding hydrogens is 372 g/mol. The van der Waals surface area contributed by atoms with Crippen molar-refractivity contribution in [3.8, 4) is 5.75 Å². The molecule has 0 aliphatic carbocycles. The molecule has 2 heterocycles. The van der Waals surface area contributed by atoms with Crippen LogP contribution in [0.4, 0.5) is 0 Å². The van der Waals surface area contributed by atoms with Gasteiger partial charge in [0.25, 0.3) is 0 Å². The quantitative estimate of drug-likeness (QED) is 0.523. The van der Waals surface area contributed by atoms with Gasteiger partial charge in [-0.15, -0.1) is 11.3 Å². The van der Waals surface area contributed by atoms with Crippen LogP contribution in [0.15, 0.2) is 28.7 Å². The van der Waals surface area contributed by atoms with Crippen LogP contribution in [0.25, 0.3) is 0 Å². The van der Waals surface area contributed by atoms with E-state index in [2.05, 4.69) is 47.7 Å². The Hall–Kier alpha value is -2.12. The third-order valence-corrected chi connectivity index (χ3v) is 5.67. The molecule has 1 unspecified atom stereocenters. The van der Waals surface area contributed by atoms with Gasteiger partial charge in [-0.1, -0.05) is 12.1 Å². The van der Waals surface area contributed by atoms with Crippen molar-refractivity contribution in [2.45, 2.75) is 40.3 Å². The lowest BCUT2D eigenvalue weighted by molar-refractivity contribution is 0.166. The van der Waals surface area contributed by atoms with E-state index in [1.807, 2.05) is 12.4 Å². The number of nitrogens with zero attached hydrogens (tertiary/aromatic N) is 2. The second-order valence-corrected chi connectivity index (χ2v) is 8.00. The summed E-state index contributed by atoms with van der Waals surface area (Å²) >= 11 is 1.66. The molecule has 7 heteroatoms. The number of ether oxygens (including phenoxy) is 2. The summed E-state index contributed by atoms with van der Waals surface area (Å²) in [6.07, 6.45) is 1.07. The number of aryl methyl sites for hydroxylation is 2. The van der Waals surface area contributed by atoms with Crippen molar-refractivity contribution in [2.24, 2.45) is 10.9 Å². The van der Waals surface area contributed by atoms with Crippen molar-refractivity contribution in [1.29, 1.82) is 0 Å². The lowest BCUT2D eigenvalue weighted by Gasteiger charge is -2.15. The molecule has 1 saturated heterocycles. The lowest BCUT2D eigenvalue weighted by Crippen LogP contribution is -2.36. The Morgan fingerprint density at radius 3 is 2.96 bits per heavy atom. The molecule has 1 aromatic carbocycles. The maximum atomic E-state index is 6.13. The summed E-state index contributed by atoms with van der Waals surface area (Å²) in [7, 11) is 0. The Labute approximate surface area is 171 Å². The van der Waals surface area contributed by atoms with Crippen molar-refractivity contribution in [1.82, 2.24) is 15.6 Å². The zero-order valence-corrected chi connectivity index (χ0v) is 17.8. The molecule has 2 N–H and O–H groups in total. The van der Waals surface area contributed by atoms with Gasteiger partial charge < -0.3 is 20.1 Å². The molecule has 0 saturated carbocycles. The molecule has 3 rings (SSSR count). The van der Waals surface area contributed by atoms with E-state index in [0.717, 1.165) is 55.7 Å². The van der Waals surface area contributed by atoms with E-state index >= 15 is 0 Å². The van der Waals surface area contributed by atoms with E-state index in [9.17, 15) is 0 Å². The highest BCUT2D eigenvalue weighted by Crippen LogP contribution is 2.23. The maximum absolute atomic E-state index is 6.13. The summed E-state index contributed by atoms with van der Waals surface area (Å²) in [4.78, 5) is 10.3. The minimum absolute atomic E-state index is 0.485. The molecule has 1 fully saturated rings. The van der Waals surface area contributed by atoms with Gasteiger partial charge in [0.05, 0.1) is 37.5 Å². The van der Waals surface area contributed by atoms with Gasteiger partial charge in [-0.25, -0.2) is 9.98 Å². The van der Waals surface area contributed by atoms with Crippen LogP contribution in [0.3, 0.4) is 0 Å². The normalized spacial score (nSPS) is 17.0. The number of guanidine groups is 1. The third-order valence-electron chi connectivity index (χ3n) is 4.73. The average molecular weight is 403 g/mol. The summed E-state index contributed by atoms with van der Waals surface area (Å²) in [5.74, 6) is 2.20. The van der Waals surface area contributed by atoms with Gasteiger partial charge in [0.2, 0.25) is 0 Å². The van der Waals surface area contributed by atoms with Crippen molar-refractivity contribution < 1.29 is 9.47 Å². The largest absolute Gasteiger partial charge is 0.493 e. The van der Waals surface area contributed by atoms with Gasteiger partial charge >= 0.3 is 0 Å². The predicted molar refractivity (Wildman–Crippen MR) is 114 cm³/mol. The fourth-order valence-electron chi connectivity index (χ4n) is 3.02. The summed E-state index contributed by atoms with van der Waals surface area (Å²) in [6.45, 7) is 10.6. The highest BCUT2D eigenvalue weighted by atomic mass is 32.1. The number of benzene rings is 1. The molecular formula is C21H30N4O2S. The van der Waals surface area contributed by atoms with E-state index in [-0.39, 0.29) is 0 Å². The van der Waals surface area contributed by atoms with Crippen LogP contribution < -0.4 is 15.4 Å². The van der Waals surface area contributed by atoms with Gasteiger partial charge in [0.15, 0.2) is 5.96 Å². The monoisotopic (exact) mass is 402 g/mol. The molecule has 6 nitrogen and oxygen atoms in total. The van der Waals surface area contributed by atoms with Crippen molar-refractivity contribution in [3.63, 3.8) is 0 Å². The highest BCUT2D eigenvalue weighted by Gasteiger charge is 2.17. The molecule has 1 aliphatic heterocycles. The van der Waals surface area contributed by atoms with Crippen LogP contribution in [0.2, 0.25) is 0 Å². The molecule has 1 atom stereocenters. The highest BCUT2D eigenvalue weighted by molar-refractivity contribution is 7.09. The lowest BCUT2D eigenvalue weighted by atomic mass is 10.1. The molecule has 2 aromatic rings. The van der Waals surface area contributed by atoms with Crippen LogP contribution >= 0.6 is 11.3 Å². The van der Waals surface area contributed by atoms with Gasteiger partial charge in [-0.05, 0) is 38.8 Å². The maximum Gasteiger partial charge on any atom is 0.191 e. The van der Waals surface area contributed by atoms with Gasteiger partial charge in [0.1, 0.15) is 5.75 Å². The minimum Gasteiger partial charge on any atom is -0.493 e. The zero-order valence-electron chi connectivity index (χ0n) is 17.0. The Bertz CT molecular complexity index is 784. The summed E-state index contributed by atoms with van der Waals surface area (Å²) < 4.78 is 11.6. The first-order chi connectivity index (χ1) is 13.7. The van der Waals surface area contributed by atoms with E-state index in [1.165, 1.54) is 10.4 Å². The van der Waals surface area contributed by atoms with Gasteiger partial charge in [-0.2, -0.15) is 0 Å². The van der Waals surface area contributed by atoms with Gasteiger partial charge in [-0.3, -0.25) is 0 Å².